The third-order valence-corrected chi connectivity index (χ3v) is 2.11. The number of nitrogens with zero attached hydrogens (tertiary/aromatic N) is 1. The van der Waals surface area contributed by atoms with Gasteiger partial charge in [-0.15, -0.1) is 0 Å². The van der Waals surface area contributed by atoms with Crippen molar-refractivity contribution in [1.82, 2.24) is 9.97 Å². The first-order valence-corrected chi connectivity index (χ1v) is 3.88. The normalized spacial score (nSPS) is 10.6. The number of nitrogens with one attached hydrogen (secondary N) is 1. The molecule has 0 aromatic carbocycles. The minimum Gasteiger partial charge on any atom is -0.495 e. The molecule has 11 heavy (non-hydrogen) atoms. The van der Waals surface area contributed by atoms with Gasteiger partial charge in [-0.25, -0.2) is 0 Å². The fourth-order valence-corrected chi connectivity index (χ4v) is 1.45. The average Bonchev–Trinajstić information content (AvgIpc) is 2.31. The Bertz CT molecular complexity index is 396. The summed E-state index contributed by atoms with van der Waals surface area (Å²) in [5.74, 6) is 0.161. The van der Waals surface area contributed by atoms with E-state index in [9.17, 15) is 0 Å². The first kappa shape index (κ1) is 6.67. The topological polar surface area (TPSA) is 48.9 Å². The maximum atomic E-state index is 9.08. The molecule has 0 aliphatic rings. The molecule has 0 atom stereocenters. The summed E-state index contributed by atoms with van der Waals surface area (Å²) in [5.41, 5.74) is 0.830. The predicted octanol–water partition coefficient (Wildman–Crippen LogP) is 2.03. The van der Waals surface area contributed by atoms with Gasteiger partial charge in [0.2, 0.25) is 0 Å². The molecule has 3 nitrogen and oxygen atoms in total. The molecule has 0 amide bonds. The number of aromatic amines is 1. The van der Waals surface area contributed by atoms with Crippen LogP contribution < -0.4 is 0 Å². The molecule has 0 bridgehead atoms. The Labute approximate surface area is 71.2 Å². The summed E-state index contributed by atoms with van der Waals surface area (Å²) in [5, 5.41) is 10.0. The Morgan fingerprint density at radius 1 is 1.45 bits per heavy atom. The molecule has 0 aliphatic carbocycles. The summed E-state index contributed by atoms with van der Waals surface area (Å²) in [6.07, 6.45) is 3.36. The number of pyridine rings is 1. The number of H-pyrrole nitrogens is 1. The van der Waals surface area contributed by atoms with Crippen LogP contribution in [-0.2, 0) is 0 Å². The van der Waals surface area contributed by atoms with Crippen LogP contribution in [0, 0.1) is 0 Å². The molecule has 0 aliphatic heterocycles. The van der Waals surface area contributed by atoms with Crippen molar-refractivity contribution in [3.05, 3.63) is 22.9 Å². The Balaban J connectivity index is 2.90. The lowest BCUT2D eigenvalue weighted by molar-refractivity contribution is 0.458. The quantitative estimate of drug-likeness (QED) is 0.703. The van der Waals surface area contributed by atoms with Crippen molar-refractivity contribution in [3.63, 3.8) is 0 Å². The second kappa shape index (κ2) is 2.23. The Kier molecular flexibility index (Phi) is 1.35. The van der Waals surface area contributed by atoms with Gasteiger partial charge in [0.15, 0.2) is 5.88 Å². The molecular weight excluding hydrogens is 208 g/mol. The van der Waals surface area contributed by atoms with Crippen molar-refractivity contribution in [2.24, 2.45) is 0 Å². The summed E-state index contributed by atoms with van der Waals surface area (Å²) in [6, 6.07) is 1.65. The summed E-state index contributed by atoms with van der Waals surface area (Å²) in [6.45, 7) is 0. The van der Waals surface area contributed by atoms with Crippen molar-refractivity contribution in [2.75, 3.05) is 0 Å². The molecule has 2 heterocycles. The molecule has 0 fully saturated rings. The van der Waals surface area contributed by atoms with Gasteiger partial charge in [0.25, 0.3) is 0 Å². The number of hydrogen-bond acceptors (Lipinski definition) is 2. The molecule has 0 saturated heterocycles. The molecule has 4 heteroatoms. The van der Waals surface area contributed by atoms with Crippen LogP contribution in [0.4, 0.5) is 0 Å². The number of aromatic nitrogens is 2. The summed E-state index contributed by atoms with van der Waals surface area (Å²) in [7, 11) is 0. The minimum atomic E-state index is 0.161. The SMILES string of the molecule is Oc1cc2c(Br)cncc2[nH]1. The number of aromatic hydroxyl groups is 1. The smallest absolute Gasteiger partial charge is 0.189 e. The van der Waals surface area contributed by atoms with Gasteiger partial charge >= 0.3 is 0 Å². The molecule has 0 unspecified atom stereocenters. The first-order valence-electron chi connectivity index (χ1n) is 3.08. The molecule has 56 valence electrons. The van der Waals surface area contributed by atoms with Crippen LogP contribution in [0.3, 0.4) is 0 Å². The standard InChI is InChI=1S/C7H5BrN2O/c8-5-2-9-3-6-4(5)1-7(11)10-6/h1-3,10-11H. The zero-order valence-corrected chi connectivity index (χ0v) is 7.09. The number of hydrogen-bond donors (Lipinski definition) is 2. The van der Waals surface area contributed by atoms with Crippen LogP contribution in [0.5, 0.6) is 5.88 Å². The fraction of sp³-hybridized carbons (Fsp3) is 0. The second-order valence-corrected chi connectivity index (χ2v) is 3.09. The van der Waals surface area contributed by atoms with E-state index in [1.165, 1.54) is 0 Å². The summed E-state index contributed by atoms with van der Waals surface area (Å²) < 4.78 is 0.881. The zero-order valence-electron chi connectivity index (χ0n) is 5.50. The molecule has 0 saturated carbocycles. The zero-order chi connectivity index (χ0) is 7.84. The monoisotopic (exact) mass is 212 g/mol. The van der Waals surface area contributed by atoms with E-state index < -0.39 is 0 Å². The van der Waals surface area contributed by atoms with E-state index in [2.05, 4.69) is 25.9 Å². The van der Waals surface area contributed by atoms with Crippen molar-refractivity contribution >= 4 is 26.8 Å². The van der Waals surface area contributed by atoms with Crippen LogP contribution >= 0.6 is 15.9 Å². The van der Waals surface area contributed by atoms with Crippen molar-refractivity contribution in [2.45, 2.75) is 0 Å². The largest absolute Gasteiger partial charge is 0.495 e. The summed E-state index contributed by atoms with van der Waals surface area (Å²) >= 11 is 3.32. The van der Waals surface area contributed by atoms with Crippen molar-refractivity contribution in [3.8, 4) is 5.88 Å². The lowest BCUT2D eigenvalue weighted by atomic mass is 10.3. The molecular formula is C7H5BrN2O. The number of fused-ring (bicyclic) bond motifs is 1. The number of rotatable bonds is 0. The third-order valence-electron chi connectivity index (χ3n) is 1.48. The van der Waals surface area contributed by atoms with E-state index in [4.69, 9.17) is 5.11 Å². The van der Waals surface area contributed by atoms with Crippen LogP contribution in [0.15, 0.2) is 22.9 Å². The van der Waals surface area contributed by atoms with Gasteiger partial charge < -0.3 is 10.1 Å². The predicted molar refractivity (Wildman–Crippen MR) is 45.5 cm³/mol. The average molecular weight is 213 g/mol. The van der Waals surface area contributed by atoms with E-state index in [0.29, 0.717) is 0 Å². The highest BCUT2D eigenvalue weighted by Gasteiger charge is 2.01. The molecule has 0 radical (unpaired) electrons. The van der Waals surface area contributed by atoms with E-state index >= 15 is 0 Å². The lowest BCUT2D eigenvalue weighted by Gasteiger charge is -1.89. The first-order chi connectivity index (χ1) is 5.27. The van der Waals surface area contributed by atoms with E-state index in [0.717, 1.165) is 15.4 Å². The maximum absolute atomic E-state index is 9.08. The van der Waals surface area contributed by atoms with Crippen LogP contribution in [0.2, 0.25) is 0 Å². The molecule has 2 rings (SSSR count). The fourth-order valence-electron chi connectivity index (χ4n) is 1.00. The Morgan fingerprint density at radius 3 is 3.00 bits per heavy atom. The van der Waals surface area contributed by atoms with E-state index in [1.54, 1.807) is 18.5 Å². The second-order valence-electron chi connectivity index (χ2n) is 2.24. The Hall–Kier alpha value is -1.03. The summed E-state index contributed by atoms with van der Waals surface area (Å²) in [4.78, 5) is 6.70. The van der Waals surface area contributed by atoms with Crippen LogP contribution in [-0.4, -0.2) is 15.1 Å². The van der Waals surface area contributed by atoms with Gasteiger partial charge in [-0.3, -0.25) is 4.98 Å². The van der Waals surface area contributed by atoms with Crippen molar-refractivity contribution in [1.29, 1.82) is 0 Å². The lowest BCUT2D eigenvalue weighted by Crippen LogP contribution is -1.72. The maximum Gasteiger partial charge on any atom is 0.189 e. The van der Waals surface area contributed by atoms with Crippen molar-refractivity contribution < 1.29 is 5.11 Å². The van der Waals surface area contributed by atoms with Crippen LogP contribution in [0.25, 0.3) is 10.9 Å². The third kappa shape index (κ3) is 0.991. The van der Waals surface area contributed by atoms with Gasteiger partial charge in [-0.1, -0.05) is 0 Å². The van der Waals surface area contributed by atoms with Gasteiger partial charge in [0, 0.05) is 22.1 Å². The highest BCUT2D eigenvalue weighted by molar-refractivity contribution is 9.10. The van der Waals surface area contributed by atoms with Crippen LogP contribution in [0.1, 0.15) is 0 Å². The van der Waals surface area contributed by atoms with Gasteiger partial charge in [0.1, 0.15) is 0 Å². The molecule has 0 spiro atoms. The Morgan fingerprint density at radius 2 is 2.27 bits per heavy atom. The van der Waals surface area contributed by atoms with Gasteiger partial charge in [-0.05, 0) is 15.9 Å². The van der Waals surface area contributed by atoms with E-state index in [-0.39, 0.29) is 5.88 Å². The highest BCUT2D eigenvalue weighted by atomic mass is 79.9. The molecule has 2 aromatic heterocycles. The highest BCUT2D eigenvalue weighted by Crippen LogP contribution is 2.25. The molecule has 2 N–H and O–H groups in total. The number of halogens is 1. The van der Waals surface area contributed by atoms with Gasteiger partial charge in [-0.2, -0.15) is 0 Å². The van der Waals surface area contributed by atoms with Gasteiger partial charge in [0.05, 0.1) is 11.7 Å². The molecule has 2 aromatic rings. The minimum absolute atomic E-state index is 0.161. The van der Waals surface area contributed by atoms with E-state index in [1.807, 2.05) is 0 Å².